The van der Waals surface area contributed by atoms with Crippen molar-refractivity contribution in [2.75, 3.05) is 6.61 Å². The van der Waals surface area contributed by atoms with Gasteiger partial charge in [0.05, 0.1) is 5.41 Å². The number of carboxylic acid groups (broad SMARTS) is 1. The molecule has 4 aliphatic rings. The zero-order chi connectivity index (χ0) is 29.0. The third kappa shape index (κ3) is 4.88. The molecule has 2 N–H and O–H groups in total. The van der Waals surface area contributed by atoms with Crippen LogP contribution in [0.5, 0.6) is 0 Å². The molecule has 0 aromatic heterocycles. The highest BCUT2D eigenvalue weighted by Gasteiger charge is 2.73. The molecule has 3 aromatic carbocycles. The lowest BCUT2D eigenvalue weighted by atomic mass is 9.33. The van der Waals surface area contributed by atoms with Crippen LogP contribution in [0.4, 0.5) is 4.79 Å². The topological polar surface area (TPSA) is 102 Å². The van der Waals surface area contributed by atoms with Crippen molar-refractivity contribution in [3.8, 4) is 11.1 Å². The number of rotatable bonds is 8. The van der Waals surface area contributed by atoms with Crippen LogP contribution in [0.1, 0.15) is 68.2 Å². The number of aliphatic carboxylic acids is 1. The summed E-state index contributed by atoms with van der Waals surface area (Å²) in [4.78, 5) is 37.3. The molecular formula is C34H35NO6. The highest BCUT2D eigenvalue weighted by molar-refractivity contribution is 5.83. The number of carboxylic acids is 1. The summed E-state index contributed by atoms with van der Waals surface area (Å²) in [6, 6.07) is 22.8. The molecule has 7 nitrogen and oxygen atoms in total. The first-order chi connectivity index (χ1) is 19.5. The van der Waals surface area contributed by atoms with Gasteiger partial charge >= 0.3 is 18.0 Å². The highest BCUT2D eigenvalue weighted by Crippen LogP contribution is 2.74. The van der Waals surface area contributed by atoms with Crippen molar-refractivity contribution in [1.29, 1.82) is 0 Å². The maximum Gasteiger partial charge on any atom is 0.407 e. The van der Waals surface area contributed by atoms with Crippen molar-refractivity contribution in [3.63, 3.8) is 0 Å². The van der Waals surface area contributed by atoms with Crippen molar-refractivity contribution >= 4 is 18.0 Å². The lowest BCUT2D eigenvalue weighted by Gasteiger charge is -2.69. The van der Waals surface area contributed by atoms with E-state index in [0.29, 0.717) is 0 Å². The van der Waals surface area contributed by atoms with Gasteiger partial charge in [0.1, 0.15) is 18.2 Å². The molecule has 212 valence electrons. The molecule has 3 fully saturated rings. The number of ether oxygens (including phenoxy) is 2. The number of benzene rings is 3. The Morgan fingerprint density at radius 2 is 1.46 bits per heavy atom. The van der Waals surface area contributed by atoms with Crippen molar-refractivity contribution in [2.24, 2.45) is 5.41 Å². The Morgan fingerprint density at radius 1 is 0.902 bits per heavy atom. The Morgan fingerprint density at radius 3 is 2.00 bits per heavy atom. The molecule has 1 amide bonds. The van der Waals surface area contributed by atoms with E-state index in [-0.39, 0.29) is 35.7 Å². The number of carbonyl (C=O) groups excluding carboxylic acids is 2. The molecule has 0 heterocycles. The molecule has 41 heavy (non-hydrogen) atoms. The summed E-state index contributed by atoms with van der Waals surface area (Å²) in [5.41, 5.74) is 5.56. The third-order valence-electron chi connectivity index (χ3n) is 8.80. The minimum Gasteiger partial charge on any atom is -0.480 e. The predicted molar refractivity (Wildman–Crippen MR) is 154 cm³/mol. The quantitative estimate of drug-likeness (QED) is 0.333. The van der Waals surface area contributed by atoms with E-state index in [0.717, 1.165) is 52.6 Å². The minimum absolute atomic E-state index is 0.00116. The van der Waals surface area contributed by atoms with E-state index in [1.807, 2.05) is 81.4 Å². The van der Waals surface area contributed by atoms with Crippen LogP contribution in [0.3, 0.4) is 0 Å². The summed E-state index contributed by atoms with van der Waals surface area (Å²) in [5, 5.41) is 12.3. The van der Waals surface area contributed by atoms with Crippen LogP contribution in [0.25, 0.3) is 11.1 Å². The fourth-order valence-corrected chi connectivity index (χ4v) is 6.91. The third-order valence-corrected chi connectivity index (χ3v) is 8.80. The van der Waals surface area contributed by atoms with Gasteiger partial charge < -0.3 is 19.9 Å². The molecule has 1 unspecified atom stereocenters. The van der Waals surface area contributed by atoms with Gasteiger partial charge in [-0.2, -0.15) is 0 Å². The minimum atomic E-state index is -1.12. The molecule has 0 aliphatic heterocycles. The van der Waals surface area contributed by atoms with Gasteiger partial charge in [-0.3, -0.25) is 4.79 Å². The molecule has 0 radical (unpaired) electrons. The summed E-state index contributed by atoms with van der Waals surface area (Å²) in [5.74, 6) is -1.33. The number of fused-ring (bicyclic) bond motifs is 3. The van der Waals surface area contributed by atoms with Crippen LogP contribution in [0.15, 0.2) is 72.8 Å². The van der Waals surface area contributed by atoms with Gasteiger partial charge in [-0.1, -0.05) is 72.8 Å². The smallest absolute Gasteiger partial charge is 0.407 e. The van der Waals surface area contributed by atoms with Gasteiger partial charge in [0.2, 0.25) is 0 Å². The summed E-state index contributed by atoms with van der Waals surface area (Å²) < 4.78 is 11.2. The monoisotopic (exact) mass is 553 g/mol. The second-order valence-corrected chi connectivity index (χ2v) is 12.9. The maximum atomic E-state index is 12.7. The first-order valence-corrected chi connectivity index (χ1v) is 14.2. The molecule has 3 saturated carbocycles. The second-order valence-electron chi connectivity index (χ2n) is 12.9. The maximum absolute atomic E-state index is 12.7. The zero-order valence-corrected chi connectivity index (χ0v) is 23.6. The van der Waals surface area contributed by atoms with Crippen molar-refractivity contribution < 1.29 is 29.0 Å². The Balaban J connectivity index is 1.04. The largest absolute Gasteiger partial charge is 0.480 e. The van der Waals surface area contributed by atoms with Crippen LogP contribution in [0, 0.1) is 5.41 Å². The van der Waals surface area contributed by atoms with Crippen LogP contribution in [-0.2, 0) is 30.9 Å². The van der Waals surface area contributed by atoms with Gasteiger partial charge in [-0.15, -0.1) is 0 Å². The number of carbonyl (C=O) groups is 3. The SMILES string of the molecule is CC(C)(C)OC(=O)C12CC(c3ccc(CC(NC(=O)OCC4c5ccccc5-c5ccccc54)C(=O)O)cc3)(C1)C2. The molecule has 0 spiro atoms. The van der Waals surface area contributed by atoms with E-state index in [2.05, 4.69) is 17.4 Å². The van der Waals surface area contributed by atoms with Gasteiger partial charge in [-0.25, -0.2) is 9.59 Å². The van der Waals surface area contributed by atoms with Gasteiger partial charge in [0.25, 0.3) is 0 Å². The number of amides is 1. The Kier molecular flexibility index (Phi) is 6.44. The summed E-state index contributed by atoms with van der Waals surface area (Å²) in [7, 11) is 0. The Hall–Kier alpha value is -4.13. The zero-order valence-electron chi connectivity index (χ0n) is 23.6. The molecular weight excluding hydrogens is 518 g/mol. The molecule has 0 saturated heterocycles. The molecule has 2 bridgehead atoms. The fourth-order valence-electron chi connectivity index (χ4n) is 6.91. The lowest BCUT2D eigenvalue weighted by molar-refractivity contribution is -0.211. The number of hydrogen-bond acceptors (Lipinski definition) is 5. The van der Waals surface area contributed by atoms with Gasteiger partial charge in [-0.05, 0) is 78.8 Å². The number of hydrogen-bond donors (Lipinski definition) is 2. The first kappa shape index (κ1) is 27.1. The first-order valence-electron chi connectivity index (χ1n) is 14.2. The highest BCUT2D eigenvalue weighted by atomic mass is 16.6. The van der Waals surface area contributed by atoms with E-state index in [4.69, 9.17) is 9.47 Å². The predicted octanol–water partition coefficient (Wildman–Crippen LogP) is 5.98. The molecule has 7 heteroatoms. The normalized spacial score (nSPS) is 22.8. The van der Waals surface area contributed by atoms with E-state index >= 15 is 0 Å². The van der Waals surface area contributed by atoms with Crippen molar-refractivity contribution in [3.05, 3.63) is 95.1 Å². The number of nitrogens with one attached hydrogen (secondary N) is 1. The molecule has 1 atom stereocenters. The van der Waals surface area contributed by atoms with Crippen LogP contribution in [-0.4, -0.2) is 41.4 Å². The standard InChI is InChI=1S/C34H35NO6/c1-32(2,3)41-30(38)34-18-33(19-34,20-34)22-14-12-21(13-15-22)16-28(29(36)37)35-31(39)40-17-27-25-10-6-4-8-23(25)24-9-5-7-11-26(24)27/h4-15,27-28H,16-20H2,1-3H3,(H,35,39)(H,36,37). The number of esters is 1. The average Bonchev–Trinajstić information content (AvgIpc) is 3.19. The van der Waals surface area contributed by atoms with E-state index in [1.54, 1.807) is 0 Å². The van der Waals surface area contributed by atoms with E-state index in [1.165, 1.54) is 0 Å². The fraction of sp³-hybridized carbons (Fsp3) is 0.382. The summed E-state index contributed by atoms with van der Waals surface area (Å²) in [6.07, 6.45) is 1.74. The van der Waals surface area contributed by atoms with Crippen LogP contribution in [0.2, 0.25) is 0 Å². The lowest BCUT2D eigenvalue weighted by Crippen LogP contribution is -2.68. The van der Waals surface area contributed by atoms with Crippen molar-refractivity contribution in [1.82, 2.24) is 5.32 Å². The molecule has 4 aliphatic carbocycles. The van der Waals surface area contributed by atoms with Crippen LogP contribution < -0.4 is 5.32 Å². The van der Waals surface area contributed by atoms with Crippen molar-refractivity contribution in [2.45, 2.75) is 69.4 Å². The number of alkyl carbamates (subject to hydrolysis) is 1. The summed E-state index contributed by atoms with van der Waals surface area (Å²) >= 11 is 0. The van der Waals surface area contributed by atoms with E-state index in [9.17, 15) is 19.5 Å². The molecule has 3 aromatic rings. The van der Waals surface area contributed by atoms with Gasteiger partial charge in [0, 0.05) is 12.3 Å². The van der Waals surface area contributed by atoms with Gasteiger partial charge in [0.15, 0.2) is 0 Å². The average molecular weight is 554 g/mol. The Bertz CT molecular complexity index is 1450. The van der Waals surface area contributed by atoms with E-state index < -0.39 is 23.7 Å². The van der Waals surface area contributed by atoms with Crippen LogP contribution >= 0.6 is 0 Å². The second kappa shape index (κ2) is 9.75. The Labute approximate surface area is 239 Å². The molecule has 7 rings (SSSR count). The summed E-state index contributed by atoms with van der Waals surface area (Å²) in [6.45, 7) is 5.78.